The first-order valence-corrected chi connectivity index (χ1v) is 7.53. The van der Waals surface area contributed by atoms with Gasteiger partial charge in [-0.15, -0.1) is 0 Å². The Morgan fingerprint density at radius 1 is 1.18 bits per heavy atom. The molecule has 1 fully saturated rings. The SMILES string of the molecule is Cc1cc(C)c(CC(=O)NC2(C(=O)O)CCOCC2)c(C)c1. The first-order chi connectivity index (χ1) is 10.3. The molecule has 0 aliphatic carbocycles. The number of aliphatic carboxylic acids is 1. The fraction of sp³-hybridized carbons (Fsp3) is 0.529. The maximum absolute atomic E-state index is 12.4. The van der Waals surface area contributed by atoms with Crippen molar-refractivity contribution in [2.75, 3.05) is 13.2 Å². The van der Waals surface area contributed by atoms with Gasteiger partial charge in [0.05, 0.1) is 6.42 Å². The van der Waals surface area contributed by atoms with Gasteiger partial charge < -0.3 is 15.2 Å². The molecule has 120 valence electrons. The van der Waals surface area contributed by atoms with E-state index in [4.69, 9.17) is 4.74 Å². The molecule has 1 aliphatic heterocycles. The van der Waals surface area contributed by atoms with E-state index >= 15 is 0 Å². The number of amides is 1. The molecule has 0 aromatic heterocycles. The van der Waals surface area contributed by atoms with Crippen molar-refractivity contribution in [2.24, 2.45) is 0 Å². The fourth-order valence-electron chi connectivity index (χ4n) is 3.07. The van der Waals surface area contributed by atoms with Crippen molar-refractivity contribution in [3.05, 3.63) is 34.4 Å². The summed E-state index contributed by atoms with van der Waals surface area (Å²) in [6.45, 7) is 6.68. The topological polar surface area (TPSA) is 75.6 Å². The maximum Gasteiger partial charge on any atom is 0.329 e. The predicted molar refractivity (Wildman–Crippen MR) is 82.9 cm³/mol. The number of carboxylic acids is 1. The van der Waals surface area contributed by atoms with Gasteiger partial charge in [-0.1, -0.05) is 17.7 Å². The molecule has 2 rings (SSSR count). The van der Waals surface area contributed by atoms with Crippen LogP contribution in [0.15, 0.2) is 12.1 Å². The van der Waals surface area contributed by atoms with Crippen molar-refractivity contribution in [2.45, 2.75) is 45.6 Å². The van der Waals surface area contributed by atoms with Crippen LogP contribution >= 0.6 is 0 Å². The molecule has 5 heteroatoms. The quantitative estimate of drug-likeness (QED) is 0.891. The second-order valence-corrected chi connectivity index (χ2v) is 6.10. The van der Waals surface area contributed by atoms with Crippen LogP contribution in [0, 0.1) is 20.8 Å². The molecule has 0 spiro atoms. The summed E-state index contributed by atoms with van der Waals surface area (Å²) in [6, 6.07) is 4.08. The molecule has 0 bridgehead atoms. The lowest BCUT2D eigenvalue weighted by Crippen LogP contribution is -2.57. The number of aryl methyl sites for hydroxylation is 3. The van der Waals surface area contributed by atoms with Crippen LogP contribution in [0.3, 0.4) is 0 Å². The molecule has 1 aromatic carbocycles. The van der Waals surface area contributed by atoms with Crippen LogP contribution in [0.4, 0.5) is 0 Å². The Labute approximate surface area is 130 Å². The summed E-state index contributed by atoms with van der Waals surface area (Å²) in [5.41, 5.74) is 3.05. The van der Waals surface area contributed by atoms with E-state index in [1.165, 1.54) is 0 Å². The van der Waals surface area contributed by atoms with Gasteiger partial charge in [-0.2, -0.15) is 0 Å². The molecule has 0 saturated carbocycles. The highest BCUT2D eigenvalue weighted by Crippen LogP contribution is 2.22. The van der Waals surface area contributed by atoms with E-state index < -0.39 is 11.5 Å². The van der Waals surface area contributed by atoms with Crippen molar-refractivity contribution in [1.29, 1.82) is 0 Å². The summed E-state index contributed by atoms with van der Waals surface area (Å²) in [6.07, 6.45) is 0.813. The first-order valence-electron chi connectivity index (χ1n) is 7.53. The average Bonchev–Trinajstić information content (AvgIpc) is 2.43. The molecule has 0 atom stereocenters. The van der Waals surface area contributed by atoms with Crippen LogP contribution in [-0.2, 0) is 20.7 Å². The molecular weight excluding hydrogens is 282 g/mol. The molecule has 1 saturated heterocycles. The number of rotatable bonds is 4. The molecular formula is C17H23NO4. The number of carboxylic acid groups (broad SMARTS) is 1. The van der Waals surface area contributed by atoms with E-state index in [2.05, 4.69) is 5.32 Å². The Morgan fingerprint density at radius 2 is 1.73 bits per heavy atom. The van der Waals surface area contributed by atoms with Crippen LogP contribution in [-0.4, -0.2) is 35.7 Å². The Kier molecular flexibility index (Phi) is 4.86. The minimum atomic E-state index is -1.19. The van der Waals surface area contributed by atoms with Gasteiger partial charge in [0.25, 0.3) is 0 Å². The standard InChI is InChI=1S/C17H23NO4/c1-11-8-12(2)14(13(3)9-11)10-15(19)18-17(16(20)21)4-6-22-7-5-17/h8-9H,4-7,10H2,1-3H3,(H,18,19)(H,20,21). The van der Waals surface area contributed by atoms with Gasteiger partial charge in [0.15, 0.2) is 0 Å². The van der Waals surface area contributed by atoms with Gasteiger partial charge >= 0.3 is 5.97 Å². The summed E-state index contributed by atoms with van der Waals surface area (Å²) in [5.74, 6) is -1.24. The maximum atomic E-state index is 12.4. The van der Waals surface area contributed by atoms with Crippen molar-refractivity contribution < 1.29 is 19.4 Å². The van der Waals surface area contributed by atoms with Gasteiger partial charge in [0.2, 0.25) is 5.91 Å². The number of hydrogen-bond acceptors (Lipinski definition) is 3. The third-order valence-corrected chi connectivity index (χ3v) is 4.31. The number of ether oxygens (including phenoxy) is 1. The normalized spacial score (nSPS) is 17.0. The van der Waals surface area contributed by atoms with Gasteiger partial charge in [0, 0.05) is 26.1 Å². The second kappa shape index (κ2) is 6.48. The van der Waals surface area contributed by atoms with Crippen molar-refractivity contribution in [3.63, 3.8) is 0 Å². The van der Waals surface area contributed by atoms with E-state index in [0.717, 1.165) is 22.3 Å². The molecule has 22 heavy (non-hydrogen) atoms. The van der Waals surface area contributed by atoms with Crippen LogP contribution in [0.25, 0.3) is 0 Å². The molecule has 0 radical (unpaired) electrons. The van der Waals surface area contributed by atoms with Crippen LogP contribution in [0.2, 0.25) is 0 Å². The highest BCUT2D eigenvalue weighted by atomic mass is 16.5. The van der Waals surface area contributed by atoms with Gasteiger partial charge in [-0.25, -0.2) is 4.79 Å². The van der Waals surface area contributed by atoms with Gasteiger partial charge in [-0.05, 0) is 37.5 Å². The zero-order valence-corrected chi connectivity index (χ0v) is 13.4. The number of carbonyl (C=O) groups excluding carboxylic acids is 1. The van der Waals surface area contributed by atoms with E-state index in [1.807, 2.05) is 32.9 Å². The van der Waals surface area contributed by atoms with Gasteiger partial charge in [0.1, 0.15) is 5.54 Å². The number of hydrogen-bond donors (Lipinski definition) is 2. The average molecular weight is 305 g/mol. The molecule has 5 nitrogen and oxygen atoms in total. The lowest BCUT2D eigenvalue weighted by molar-refractivity contribution is -0.152. The lowest BCUT2D eigenvalue weighted by Gasteiger charge is -2.34. The fourth-order valence-corrected chi connectivity index (χ4v) is 3.07. The third-order valence-electron chi connectivity index (χ3n) is 4.31. The smallest absolute Gasteiger partial charge is 0.329 e. The number of carbonyl (C=O) groups is 2. The molecule has 1 amide bonds. The molecule has 1 aliphatic rings. The molecule has 0 unspecified atom stereocenters. The second-order valence-electron chi connectivity index (χ2n) is 6.10. The zero-order valence-electron chi connectivity index (χ0n) is 13.4. The predicted octanol–water partition coefficient (Wildman–Crippen LogP) is 1.90. The van der Waals surface area contributed by atoms with Crippen LogP contribution in [0.5, 0.6) is 0 Å². The molecule has 1 heterocycles. The Bertz CT molecular complexity index is 565. The van der Waals surface area contributed by atoms with Crippen molar-refractivity contribution in [1.82, 2.24) is 5.32 Å². The Morgan fingerprint density at radius 3 is 2.23 bits per heavy atom. The Hall–Kier alpha value is -1.88. The number of nitrogens with one attached hydrogen (secondary N) is 1. The molecule has 2 N–H and O–H groups in total. The highest BCUT2D eigenvalue weighted by Gasteiger charge is 2.41. The lowest BCUT2D eigenvalue weighted by atomic mass is 9.89. The minimum absolute atomic E-state index is 0.202. The summed E-state index contributed by atoms with van der Waals surface area (Å²) >= 11 is 0. The highest BCUT2D eigenvalue weighted by molar-refractivity contribution is 5.88. The summed E-state index contributed by atoms with van der Waals surface area (Å²) in [4.78, 5) is 23.9. The summed E-state index contributed by atoms with van der Waals surface area (Å²) < 4.78 is 5.21. The minimum Gasteiger partial charge on any atom is -0.480 e. The number of benzene rings is 1. The van der Waals surface area contributed by atoms with E-state index in [0.29, 0.717) is 26.1 Å². The van der Waals surface area contributed by atoms with Crippen LogP contribution in [0.1, 0.15) is 35.1 Å². The molecule has 1 aromatic rings. The monoisotopic (exact) mass is 305 g/mol. The Balaban J connectivity index is 2.14. The zero-order chi connectivity index (χ0) is 16.3. The van der Waals surface area contributed by atoms with E-state index in [1.54, 1.807) is 0 Å². The van der Waals surface area contributed by atoms with E-state index in [9.17, 15) is 14.7 Å². The summed E-state index contributed by atoms with van der Waals surface area (Å²) in [7, 11) is 0. The van der Waals surface area contributed by atoms with Crippen molar-refractivity contribution >= 4 is 11.9 Å². The van der Waals surface area contributed by atoms with E-state index in [-0.39, 0.29) is 12.3 Å². The first kappa shape index (κ1) is 16.5. The van der Waals surface area contributed by atoms with Crippen LogP contribution < -0.4 is 5.32 Å². The summed E-state index contributed by atoms with van der Waals surface area (Å²) in [5, 5.41) is 12.2. The van der Waals surface area contributed by atoms with Crippen molar-refractivity contribution in [3.8, 4) is 0 Å². The van der Waals surface area contributed by atoms with Gasteiger partial charge in [-0.3, -0.25) is 4.79 Å². The largest absolute Gasteiger partial charge is 0.480 e. The third kappa shape index (κ3) is 3.47.